The number of amides is 2. The third-order valence-electron chi connectivity index (χ3n) is 3.54. The smallest absolute Gasteiger partial charge is 0.308 e. The van der Waals surface area contributed by atoms with Gasteiger partial charge in [0.25, 0.3) is 0 Å². The van der Waals surface area contributed by atoms with Gasteiger partial charge >= 0.3 is 5.97 Å². The molecule has 0 aromatic rings. The van der Waals surface area contributed by atoms with Crippen molar-refractivity contribution in [2.24, 2.45) is 17.8 Å². The Balaban J connectivity index is 2.45. The molecule has 0 aromatic heterocycles. The molecule has 2 N–H and O–H groups in total. The first kappa shape index (κ1) is 16.5. The molecule has 2 atom stereocenters. The van der Waals surface area contributed by atoms with Crippen LogP contribution in [0.4, 0.5) is 0 Å². The van der Waals surface area contributed by atoms with E-state index in [2.05, 4.69) is 5.32 Å². The van der Waals surface area contributed by atoms with Gasteiger partial charge in [-0.05, 0) is 12.3 Å². The van der Waals surface area contributed by atoms with Gasteiger partial charge in [-0.15, -0.1) is 0 Å². The Morgan fingerprint density at radius 3 is 2.60 bits per heavy atom. The molecule has 1 fully saturated rings. The molecule has 0 bridgehead atoms. The Bertz CT molecular complexity index is 381. The van der Waals surface area contributed by atoms with Crippen LogP contribution in [0.2, 0.25) is 0 Å². The quantitative estimate of drug-likeness (QED) is 0.721. The van der Waals surface area contributed by atoms with E-state index in [1.807, 2.05) is 13.8 Å². The molecular formula is C14H24N2O4. The van der Waals surface area contributed by atoms with Crippen molar-refractivity contribution in [3.63, 3.8) is 0 Å². The molecule has 6 nitrogen and oxygen atoms in total. The van der Waals surface area contributed by atoms with Crippen LogP contribution in [-0.4, -0.2) is 47.4 Å². The largest absolute Gasteiger partial charge is 0.481 e. The Kier molecular flexibility index (Phi) is 5.98. The monoisotopic (exact) mass is 284 g/mol. The molecule has 114 valence electrons. The van der Waals surface area contributed by atoms with Crippen molar-refractivity contribution in [3.05, 3.63) is 0 Å². The van der Waals surface area contributed by atoms with Crippen LogP contribution < -0.4 is 5.32 Å². The third kappa shape index (κ3) is 4.51. The lowest BCUT2D eigenvalue weighted by atomic mass is 10.1. The number of hydrogen-bond donors (Lipinski definition) is 2. The summed E-state index contributed by atoms with van der Waals surface area (Å²) in [4.78, 5) is 36.3. The fraction of sp³-hybridized carbons (Fsp3) is 0.786. The summed E-state index contributed by atoms with van der Waals surface area (Å²) in [6.45, 7) is 7.05. The highest BCUT2D eigenvalue weighted by Crippen LogP contribution is 2.19. The summed E-state index contributed by atoms with van der Waals surface area (Å²) in [5.41, 5.74) is 0. The lowest BCUT2D eigenvalue weighted by Gasteiger charge is -2.19. The zero-order valence-electron chi connectivity index (χ0n) is 12.4. The average molecular weight is 284 g/mol. The highest BCUT2D eigenvalue weighted by molar-refractivity contribution is 5.89. The number of hydrogen-bond acceptors (Lipinski definition) is 3. The van der Waals surface area contributed by atoms with E-state index in [1.165, 1.54) is 0 Å². The van der Waals surface area contributed by atoms with E-state index in [0.717, 1.165) is 0 Å². The predicted octanol–water partition coefficient (Wildman–Crippen LogP) is 0.718. The summed E-state index contributed by atoms with van der Waals surface area (Å²) in [5.74, 6) is -1.67. The molecule has 1 rings (SSSR count). The normalized spacial score (nSPS) is 20.3. The molecule has 0 saturated carbocycles. The molecule has 20 heavy (non-hydrogen) atoms. The summed E-state index contributed by atoms with van der Waals surface area (Å²) < 4.78 is 0. The van der Waals surface area contributed by atoms with Gasteiger partial charge in [-0.2, -0.15) is 0 Å². The standard InChI is InChI=1S/C14H24N2O4/c1-4-10(14(19)20)6-15-13(18)11-5-12(17)16(8-11)7-9(2)3/h9-11H,4-8H2,1-3H3,(H,15,18)(H,19,20). The zero-order valence-corrected chi connectivity index (χ0v) is 12.4. The number of carbonyl (C=O) groups is 3. The molecule has 0 aliphatic carbocycles. The second-order valence-corrected chi connectivity index (χ2v) is 5.78. The second-order valence-electron chi connectivity index (χ2n) is 5.78. The van der Waals surface area contributed by atoms with Gasteiger partial charge in [0, 0.05) is 26.1 Å². The van der Waals surface area contributed by atoms with Crippen LogP contribution in [0.1, 0.15) is 33.6 Å². The van der Waals surface area contributed by atoms with Gasteiger partial charge in [0.05, 0.1) is 11.8 Å². The van der Waals surface area contributed by atoms with Crippen LogP contribution in [0, 0.1) is 17.8 Å². The molecule has 2 amide bonds. The van der Waals surface area contributed by atoms with Gasteiger partial charge in [-0.1, -0.05) is 20.8 Å². The van der Waals surface area contributed by atoms with E-state index >= 15 is 0 Å². The lowest BCUT2D eigenvalue weighted by Crippen LogP contribution is -2.38. The first-order valence-electron chi connectivity index (χ1n) is 7.13. The van der Waals surface area contributed by atoms with Crippen LogP contribution in [-0.2, 0) is 14.4 Å². The Hall–Kier alpha value is -1.59. The van der Waals surface area contributed by atoms with Crippen molar-refractivity contribution >= 4 is 17.8 Å². The van der Waals surface area contributed by atoms with Crippen molar-refractivity contribution < 1.29 is 19.5 Å². The van der Waals surface area contributed by atoms with Gasteiger partial charge < -0.3 is 15.3 Å². The molecule has 1 heterocycles. The topological polar surface area (TPSA) is 86.7 Å². The van der Waals surface area contributed by atoms with Crippen molar-refractivity contribution in [2.45, 2.75) is 33.6 Å². The minimum atomic E-state index is -0.906. The number of aliphatic carboxylic acids is 1. The SMILES string of the molecule is CCC(CNC(=O)C1CC(=O)N(CC(C)C)C1)C(=O)O. The third-order valence-corrected chi connectivity index (χ3v) is 3.54. The van der Waals surface area contributed by atoms with Crippen LogP contribution in [0.5, 0.6) is 0 Å². The highest BCUT2D eigenvalue weighted by Gasteiger charge is 2.34. The highest BCUT2D eigenvalue weighted by atomic mass is 16.4. The van der Waals surface area contributed by atoms with Crippen LogP contribution in [0.25, 0.3) is 0 Å². The molecule has 0 radical (unpaired) electrons. The number of nitrogens with zero attached hydrogens (tertiary/aromatic N) is 1. The zero-order chi connectivity index (χ0) is 15.3. The summed E-state index contributed by atoms with van der Waals surface area (Å²) >= 11 is 0. The number of likely N-dealkylation sites (tertiary alicyclic amines) is 1. The van der Waals surface area contributed by atoms with E-state index < -0.39 is 11.9 Å². The van der Waals surface area contributed by atoms with Gasteiger partial charge in [0.2, 0.25) is 11.8 Å². The summed E-state index contributed by atoms with van der Waals surface area (Å²) in [6, 6.07) is 0. The number of rotatable bonds is 7. The van der Waals surface area contributed by atoms with E-state index in [-0.39, 0.29) is 30.7 Å². The summed E-state index contributed by atoms with van der Waals surface area (Å²) in [6.07, 6.45) is 0.696. The van der Waals surface area contributed by atoms with Gasteiger partial charge in [-0.25, -0.2) is 0 Å². The molecule has 6 heteroatoms. The minimum absolute atomic E-state index is 0.00382. The Labute approximate surface area is 119 Å². The van der Waals surface area contributed by atoms with Crippen LogP contribution in [0.15, 0.2) is 0 Å². The van der Waals surface area contributed by atoms with Gasteiger partial charge in [0.1, 0.15) is 0 Å². The van der Waals surface area contributed by atoms with Gasteiger partial charge in [0.15, 0.2) is 0 Å². The van der Waals surface area contributed by atoms with E-state index in [9.17, 15) is 14.4 Å². The Morgan fingerprint density at radius 2 is 2.10 bits per heavy atom. The van der Waals surface area contributed by atoms with E-state index in [0.29, 0.717) is 25.4 Å². The average Bonchev–Trinajstić information content (AvgIpc) is 2.70. The molecule has 0 aromatic carbocycles. The van der Waals surface area contributed by atoms with Crippen molar-refractivity contribution in [2.75, 3.05) is 19.6 Å². The van der Waals surface area contributed by atoms with Crippen molar-refractivity contribution in [3.8, 4) is 0 Å². The molecule has 2 unspecified atom stereocenters. The fourth-order valence-corrected chi connectivity index (χ4v) is 2.34. The summed E-state index contributed by atoms with van der Waals surface area (Å²) in [5, 5.41) is 11.6. The van der Waals surface area contributed by atoms with Gasteiger partial charge in [-0.3, -0.25) is 14.4 Å². The number of carbonyl (C=O) groups excluding carboxylic acids is 2. The molecule has 1 aliphatic rings. The first-order valence-corrected chi connectivity index (χ1v) is 7.13. The Morgan fingerprint density at radius 1 is 1.45 bits per heavy atom. The number of carboxylic acid groups (broad SMARTS) is 1. The lowest BCUT2D eigenvalue weighted by molar-refractivity contribution is -0.142. The first-order chi connectivity index (χ1) is 9.35. The maximum Gasteiger partial charge on any atom is 0.308 e. The molecule has 1 aliphatic heterocycles. The number of nitrogens with one attached hydrogen (secondary N) is 1. The molecule has 1 saturated heterocycles. The fourth-order valence-electron chi connectivity index (χ4n) is 2.34. The summed E-state index contributed by atoms with van der Waals surface area (Å²) in [7, 11) is 0. The maximum absolute atomic E-state index is 12.0. The maximum atomic E-state index is 12.0. The van der Waals surface area contributed by atoms with Crippen molar-refractivity contribution in [1.82, 2.24) is 10.2 Å². The van der Waals surface area contributed by atoms with E-state index in [4.69, 9.17) is 5.11 Å². The molecule has 0 spiro atoms. The van der Waals surface area contributed by atoms with E-state index in [1.54, 1.807) is 11.8 Å². The number of carboxylic acids is 1. The molecular weight excluding hydrogens is 260 g/mol. The predicted molar refractivity (Wildman–Crippen MR) is 74.0 cm³/mol. The minimum Gasteiger partial charge on any atom is -0.481 e. The van der Waals surface area contributed by atoms with Crippen LogP contribution in [0.3, 0.4) is 0 Å². The van der Waals surface area contributed by atoms with Crippen LogP contribution >= 0.6 is 0 Å². The second kappa shape index (κ2) is 7.26. The van der Waals surface area contributed by atoms with Crippen molar-refractivity contribution in [1.29, 1.82) is 0 Å².